The summed E-state index contributed by atoms with van der Waals surface area (Å²) in [6, 6.07) is 59.8. The number of benzene rings is 7. The first-order valence-corrected chi connectivity index (χ1v) is 22.4. The fourth-order valence-corrected chi connectivity index (χ4v) is 8.29. The van der Waals surface area contributed by atoms with Gasteiger partial charge in [-0.25, -0.2) is 9.97 Å². The van der Waals surface area contributed by atoms with Gasteiger partial charge in [-0.3, -0.25) is 9.13 Å². The lowest BCUT2D eigenvalue weighted by Crippen LogP contribution is -2.09. The second-order valence-electron chi connectivity index (χ2n) is 17.3. The van der Waals surface area contributed by atoms with Crippen LogP contribution in [0.1, 0.15) is 68.4 Å². The molecule has 0 saturated carbocycles. The van der Waals surface area contributed by atoms with Crippen LogP contribution in [0, 0.1) is 33.6 Å². The van der Waals surface area contributed by atoms with Crippen LogP contribution in [0.15, 0.2) is 195 Å². The molecule has 0 fully saturated rings. The Bertz CT molecular complexity index is 2800. The van der Waals surface area contributed by atoms with Crippen LogP contribution in [0.4, 0.5) is 17.1 Å². The van der Waals surface area contributed by atoms with Crippen molar-refractivity contribution in [3.8, 4) is 45.3 Å². The van der Waals surface area contributed by atoms with Gasteiger partial charge in [-0.05, 0) is 127 Å². The molecule has 2 heterocycles. The molecule has 2 aromatic heterocycles. The summed E-state index contributed by atoms with van der Waals surface area (Å²) in [4.78, 5) is 11.6. The van der Waals surface area contributed by atoms with Gasteiger partial charge in [0, 0.05) is 53.0 Å². The van der Waals surface area contributed by atoms with Crippen molar-refractivity contribution in [3.63, 3.8) is 0 Å². The molecule has 5 heteroatoms. The number of nitrogens with zero attached hydrogens (tertiary/aromatic N) is 5. The number of imidazole rings is 2. The third-order valence-electron chi connectivity index (χ3n) is 11.0. The maximum absolute atomic E-state index is 4.81. The Hall–Kier alpha value is -7.24. The Morgan fingerprint density at radius 2 is 0.844 bits per heavy atom. The number of rotatable bonds is 9. The second-order valence-corrected chi connectivity index (χ2v) is 17.3. The van der Waals surface area contributed by atoms with Crippen molar-refractivity contribution in [1.29, 1.82) is 0 Å². The van der Waals surface area contributed by atoms with Crippen LogP contribution in [-0.2, 0) is 0 Å². The highest BCUT2D eigenvalue weighted by atomic mass is 15.1. The predicted octanol–water partition coefficient (Wildman–Crippen LogP) is 16.2. The Kier molecular flexibility index (Phi) is 14.5. The monoisotopic (exact) mass is 839 g/mol. The average Bonchev–Trinajstić information content (AvgIpc) is 3.98. The number of aromatic nitrogens is 4. The Morgan fingerprint density at radius 3 is 1.41 bits per heavy atom. The SMILES string of the molecule is CC(C)C.Cc1cc(-c2cccc(N(c3ccccc3)c3ccccc3)c2)cc(C)c1-n1ccnc1-c1ccccc1C(C)C.Cc1cccc(C)c1-n1ccnc1-c1ccccc1. The van der Waals surface area contributed by atoms with Crippen LogP contribution in [0.5, 0.6) is 0 Å². The van der Waals surface area contributed by atoms with Crippen molar-refractivity contribution in [2.75, 3.05) is 4.90 Å². The number of hydrogen-bond donors (Lipinski definition) is 0. The molecular weight excluding hydrogens is 779 g/mol. The highest BCUT2D eigenvalue weighted by Gasteiger charge is 2.18. The first kappa shape index (κ1) is 44.8. The topological polar surface area (TPSA) is 38.9 Å². The van der Waals surface area contributed by atoms with Crippen LogP contribution < -0.4 is 4.90 Å². The minimum absolute atomic E-state index is 0.416. The maximum Gasteiger partial charge on any atom is 0.144 e. The Balaban J connectivity index is 0.000000220. The molecule has 64 heavy (non-hydrogen) atoms. The van der Waals surface area contributed by atoms with E-state index in [0.29, 0.717) is 5.92 Å². The van der Waals surface area contributed by atoms with Crippen molar-refractivity contribution in [3.05, 3.63) is 222 Å². The van der Waals surface area contributed by atoms with E-state index in [2.05, 4.69) is 239 Å². The van der Waals surface area contributed by atoms with Gasteiger partial charge >= 0.3 is 0 Å². The molecule has 7 aromatic carbocycles. The fourth-order valence-electron chi connectivity index (χ4n) is 8.29. The third-order valence-corrected chi connectivity index (χ3v) is 11.0. The van der Waals surface area contributed by atoms with E-state index in [0.717, 1.165) is 40.2 Å². The van der Waals surface area contributed by atoms with E-state index in [1.165, 1.54) is 55.9 Å². The number of hydrogen-bond acceptors (Lipinski definition) is 3. The molecule has 0 aliphatic rings. The summed E-state index contributed by atoms with van der Waals surface area (Å²) in [5.41, 5.74) is 16.8. The lowest BCUT2D eigenvalue weighted by molar-refractivity contribution is 0.737. The normalized spacial score (nSPS) is 10.9. The largest absolute Gasteiger partial charge is 0.310 e. The van der Waals surface area contributed by atoms with Crippen LogP contribution in [0.25, 0.3) is 45.3 Å². The van der Waals surface area contributed by atoms with Crippen LogP contribution in [-0.4, -0.2) is 19.1 Å². The van der Waals surface area contributed by atoms with Crippen LogP contribution >= 0.6 is 0 Å². The van der Waals surface area contributed by atoms with E-state index < -0.39 is 0 Å². The van der Waals surface area contributed by atoms with Crippen molar-refractivity contribution in [1.82, 2.24) is 19.1 Å². The van der Waals surface area contributed by atoms with Crippen molar-refractivity contribution >= 4 is 17.1 Å². The molecule has 0 aliphatic carbocycles. The number of para-hydroxylation sites is 3. The summed E-state index contributed by atoms with van der Waals surface area (Å²) in [6.07, 6.45) is 7.87. The van der Waals surface area contributed by atoms with E-state index in [4.69, 9.17) is 4.98 Å². The molecular formula is C59H61N5. The maximum atomic E-state index is 4.81. The zero-order valence-corrected chi connectivity index (χ0v) is 38.9. The minimum Gasteiger partial charge on any atom is -0.310 e. The zero-order chi connectivity index (χ0) is 45.2. The molecule has 0 amide bonds. The van der Waals surface area contributed by atoms with Gasteiger partial charge in [0.2, 0.25) is 0 Å². The molecule has 0 N–H and O–H groups in total. The van der Waals surface area contributed by atoms with Gasteiger partial charge in [-0.1, -0.05) is 156 Å². The fraction of sp³-hybridized carbons (Fsp3) is 0.186. The van der Waals surface area contributed by atoms with E-state index in [9.17, 15) is 0 Å². The van der Waals surface area contributed by atoms with Crippen molar-refractivity contribution in [2.24, 2.45) is 5.92 Å². The van der Waals surface area contributed by atoms with Gasteiger partial charge in [0.15, 0.2) is 0 Å². The lowest BCUT2D eigenvalue weighted by Gasteiger charge is -2.26. The van der Waals surface area contributed by atoms with Gasteiger partial charge in [0.25, 0.3) is 0 Å². The summed E-state index contributed by atoms with van der Waals surface area (Å²) < 4.78 is 4.42. The molecule has 0 spiro atoms. The lowest BCUT2D eigenvalue weighted by atomic mass is 9.96. The Labute approximate surface area is 381 Å². The summed E-state index contributed by atoms with van der Waals surface area (Å²) in [5.74, 6) is 3.22. The smallest absolute Gasteiger partial charge is 0.144 e. The summed E-state index contributed by atoms with van der Waals surface area (Å²) in [6.45, 7) is 19.7. The molecule has 9 rings (SSSR count). The molecule has 0 unspecified atom stereocenters. The van der Waals surface area contributed by atoms with Gasteiger partial charge in [-0.15, -0.1) is 0 Å². The van der Waals surface area contributed by atoms with Gasteiger partial charge in [-0.2, -0.15) is 0 Å². The van der Waals surface area contributed by atoms with E-state index in [1.807, 2.05) is 36.8 Å². The third kappa shape index (κ3) is 10.3. The average molecular weight is 840 g/mol. The predicted molar refractivity (Wildman–Crippen MR) is 272 cm³/mol. The van der Waals surface area contributed by atoms with E-state index >= 15 is 0 Å². The highest BCUT2D eigenvalue weighted by Crippen LogP contribution is 2.38. The molecule has 9 aromatic rings. The van der Waals surface area contributed by atoms with Crippen LogP contribution in [0.3, 0.4) is 0 Å². The first-order chi connectivity index (χ1) is 31.0. The standard InChI is InChI=1S/C38H35N3.C17H16N2.C4H10/c1-27(2)35-20-11-12-21-36(35)38-39-22-23-40(38)37-28(3)24-31(25-29(37)4)30-14-13-19-34(26-30)41(32-15-7-5-8-16-32)33-17-9-6-10-18-33;1-13-7-6-8-14(2)16(13)19-12-11-18-17(19)15-9-4-3-5-10-15;1-4(2)3/h5-27H,1-4H3;3-12H,1-2H3;4H,1-3H3. The molecule has 0 atom stereocenters. The first-order valence-electron chi connectivity index (χ1n) is 22.4. The summed E-state index contributed by atoms with van der Waals surface area (Å²) >= 11 is 0. The molecule has 0 bridgehead atoms. The molecule has 0 aliphatic heterocycles. The number of aryl methyl sites for hydroxylation is 4. The quantitative estimate of drug-likeness (QED) is 0.145. The number of anilines is 3. The van der Waals surface area contributed by atoms with E-state index in [1.54, 1.807) is 0 Å². The van der Waals surface area contributed by atoms with Crippen molar-refractivity contribution in [2.45, 2.75) is 68.2 Å². The van der Waals surface area contributed by atoms with Gasteiger partial charge in [0.1, 0.15) is 11.6 Å². The second kappa shape index (κ2) is 20.8. The van der Waals surface area contributed by atoms with Gasteiger partial charge < -0.3 is 4.90 Å². The highest BCUT2D eigenvalue weighted by molar-refractivity contribution is 5.80. The zero-order valence-electron chi connectivity index (χ0n) is 38.9. The van der Waals surface area contributed by atoms with Gasteiger partial charge in [0.05, 0.1) is 11.4 Å². The van der Waals surface area contributed by atoms with E-state index in [-0.39, 0.29) is 0 Å². The molecule has 0 radical (unpaired) electrons. The van der Waals surface area contributed by atoms with Crippen molar-refractivity contribution < 1.29 is 0 Å². The van der Waals surface area contributed by atoms with Crippen LogP contribution in [0.2, 0.25) is 0 Å². The summed E-state index contributed by atoms with van der Waals surface area (Å²) in [5, 5.41) is 0. The summed E-state index contributed by atoms with van der Waals surface area (Å²) in [7, 11) is 0. The molecule has 5 nitrogen and oxygen atoms in total. The molecule has 322 valence electrons. The Morgan fingerprint density at radius 1 is 0.406 bits per heavy atom. The molecule has 0 saturated heterocycles. The minimum atomic E-state index is 0.416.